The van der Waals surface area contributed by atoms with Crippen LogP contribution in [0.4, 0.5) is 11.4 Å². The van der Waals surface area contributed by atoms with E-state index in [-0.39, 0.29) is 6.71 Å². The second-order valence-corrected chi connectivity index (χ2v) is 9.63. The summed E-state index contributed by atoms with van der Waals surface area (Å²) < 4.78 is 0. The number of rotatable bonds is 5. The Morgan fingerprint density at radius 1 is 0.484 bits per heavy atom. The number of anilines is 2. The summed E-state index contributed by atoms with van der Waals surface area (Å²) in [6.45, 7) is 13.6. The van der Waals surface area contributed by atoms with Crippen LogP contribution in [0.2, 0.25) is 0 Å². The zero-order valence-corrected chi connectivity index (χ0v) is 21.0. The Bertz CT molecular complexity index is 982. The Balaban J connectivity index is 2.42. The van der Waals surface area contributed by atoms with E-state index >= 15 is 0 Å². The molecule has 2 nitrogen and oxygen atoms in total. The Kier molecular flexibility index (Phi) is 6.55. The zero-order chi connectivity index (χ0) is 23.0. The lowest BCUT2D eigenvalue weighted by atomic mass is 9.34. The SMILES string of the molecule is Cc1cc(C)c(B(c2cc(N(C)C)cc(N(C)C)c2)c2c(C)cc(C)cc2C)c(C)c1. The van der Waals surface area contributed by atoms with Crippen molar-refractivity contribution in [2.45, 2.75) is 41.5 Å². The van der Waals surface area contributed by atoms with Gasteiger partial charge in [-0.05, 0) is 59.7 Å². The number of benzene rings is 3. The summed E-state index contributed by atoms with van der Waals surface area (Å²) in [7, 11) is 8.49. The minimum Gasteiger partial charge on any atom is -0.378 e. The van der Waals surface area contributed by atoms with Gasteiger partial charge in [0.15, 0.2) is 0 Å². The van der Waals surface area contributed by atoms with Gasteiger partial charge in [-0.15, -0.1) is 0 Å². The average molecular weight is 412 g/mol. The standard InChI is InChI=1S/C28H37BN2/c1-18-11-20(3)27(21(4)12-18)29(28-22(5)13-19(2)14-23(28)6)24-15-25(30(7)8)17-26(16-24)31(9)10/h11-17H,1-10H3. The third kappa shape index (κ3) is 4.66. The van der Waals surface area contributed by atoms with Crippen LogP contribution in [-0.2, 0) is 0 Å². The number of hydrogen-bond donors (Lipinski definition) is 0. The fourth-order valence-electron chi connectivity index (χ4n) is 5.07. The highest BCUT2D eigenvalue weighted by atomic mass is 15.1. The van der Waals surface area contributed by atoms with Gasteiger partial charge >= 0.3 is 0 Å². The fourth-order valence-corrected chi connectivity index (χ4v) is 5.07. The molecule has 0 radical (unpaired) electrons. The molecule has 162 valence electrons. The van der Waals surface area contributed by atoms with E-state index in [1.807, 2.05) is 0 Å². The Morgan fingerprint density at radius 3 is 1.10 bits per heavy atom. The molecule has 3 heteroatoms. The number of hydrogen-bond acceptors (Lipinski definition) is 2. The van der Waals surface area contributed by atoms with Gasteiger partial charge in [0.05, 0.1) is 0 Å². The molecule has 0 aliphatic heterocycles. The summed E-state index contributed by atoms with van der Waals surface area (Å²) in [5, 5.41) is 0. The second kappa shape index (κ2) is 8.82. The van der Waals surface area contributed by atoms with Gasteiger partial charge in [-0.25, -0.2) is 0 Å². The molecule has 0 aliphatic rings. The van der Waals surface area contributed by atoms with Crippen LogP contribution in [0.15, 0.2) is 42.5 Å². The molecular weight excluding hydrogens is 375 g/mol. The summed E-state index contributed by atoms with van der Waals surface area (Å²) in [6.07, 6.45) is 0. The van der Waals surface area contributed by atoms with Crippen LogP contribution in [-0.4, -0.2) is 34.9 Å². The highest BCUT2D eigenvalue weighted by Gasteiger charge is 2.29. The first-order chi connectivity index (χ1) is 14.5. The molecule has 0 aliphatic carbocycles. The van der Waals surface area contributed by atoms with E-state index in [0.717, 1.165) is 0 Å². The molecular formula is C28H37BN2. The molecule has 0 aromatic heterocycles. The Hall–Kier alpha value is -2.68. The first-order valence-electron chi connectivity index (χ1n) is 11.1. The lowest BCUT2D eigenvalue weighted by molar-refractivity contribution is 1.10. The van der Waals surface area contributed by atoms with Crippen molar-refractivity contribution >= 4 is 34.5 Å². The van der Waals surface area contributed by atoms with E-state index in [9.17, 15) is 0 Å². The molecule has 3 rings (SSSR count). The quantitative estimate of drug-likeness (QED) is 0.580. The molecule has 0 bridgehead atoms. The van der Waals surface area contributed by atoms with Crippen LogP contribution in [0.25, 0.3) is 0 Å². The van der Waals surface area contributed by atoms with E-state index in [1.54, 1.807) is 0 Å². The largest absolute Gasteiger partial charge is 0.378 e. The van der Waals surface area contributed by atoms with Gasteiger partial charge in [0.1, 0.15) is 0 Å². The summed E-state index contributed by atoms with van der Waals surface area (Å²) in [5.74, 6) is 0. The molecule has 0 N–H and O–H groups in total. The van der Waals surface area contributed by atoms with E-state index in [1.165, 1.54) is 61.1 Å². The minimum absolute atomic E-state index is 0.194. The highest BCUT2D eigenvalue weighted by Crippen LogP contribution is 2.20. The topological polar surface area (TPSA) is 6.48 Å². The molecule has 0 fully saturated rings. The molecule has 3 aromatic carbocycles. The van der Waals surface area contributed by atoms with Crippen molar-refractivity contribution in [3.05, 3.63) is 75.8 Å². The smallest absolute Gasteiger partial charge is 0.242 e. The monoisotopic (exact) mass is 412 g/mol. The van der Waals surface area contributed by atoms with Gasteiger partial charge in [0.25, 0.3) is 0 Å². The van der Waals surface area contributed by atoms with Crippen molar-refractivity contribution in [2.75, 3.05) is 38.0 Å². The summed E-state index contributed by atoms with van der Waals surface area (Å²) in [6, 6.07) is 16.3. The predicted molar refractivity (Wildman–Crippen MR) is 141 cm³/mol. The summed E-state index contributed by atoms with van der Waals surface area (Å²) >= 11 is 0. The Morgan fingerprint density at radius 2 is 0.806 bits per heavy atom. The normalized spacial score (nSPS) is 10.9. The van der Waals surface area contributed by atoms with Crippen LogP contribution in [0, 0.1) is 41.5 Å². The maximum Gasteiger partial charge on any atom is 0.242 e. The maximum atomic E-state index is 2.37. The summed E-state index contributed by atoms with van der Waals surface area (Å²) in [4.78, 5) is 4.41. The third-order valence-electron chi connectivity index (χ3n) is 6.34. The predicted octanol–water partition coefficient (Wildman–Crippen LogP) is 4.19. The molecule has 0 unspecified atom stereocenters. The minimum atomic E-state index is 0.194. The number of aryl methyl sites for hydroxylation is 6. The van der Waals surface area contributed by atoms with E-state index in [2.05, 4.69) is 122 Å². The van der Waals surface area contributed by atoms with Crippen molar-refractivity contribution in [3.63, 3.8) is 0 Å². The van der Waals surface area contributed by atoms with Gasteiger partial charge in [0.2, 0.25) is 6.71 Å². The Labute approximate surface area is 190 Å². The van der Waals surface area contributed by atoms with Gasteiger partial charge < -0.3 is 9.80 Å². The van der Waals surface area contributed by atoms with Crippen molar-refractivity contribution < 1.29 is 0 Å². The summed E-state index contributed by atoms with van der Waals surface area (Å²) in [5.41, 5.74) is 14.8. The highest BCUT2D eigenvalue weighted by molar-refractivity contribution is 6.96. The molecule has 0 saturated heterocycles. The first-order valence-corrected chi connectivity index (χ1v) is 11.1. The molecule has 0 amide bonds. The molecule has 3 aromatic rings. The maximum absolute atomic E-state index is 2.37. The lowest BCUT2D eigenvalue weighted by Gasteiger charge is -2.27. The van der Waals surface area contributed by atoms with Crippen molar-refractivity contribution in [1.29, 1.82) is 0 Å². The van der Waals surface area contributed by atoms with Crippen LogP contribution in [0.1, 0.15) is 33.4 Å². The van der Waals surface area contributed by atoms with Crippen molar-refractivity contribution in [2.24, 2.45) is 0 Å². The molecule has 0 saturated carbocycles. The van der Waals surface area contributed by atoms with Crippen LogP contribution < -0.4 is 26.2 Å². The van der Waals surface area contributed by atoms with Gasteiger partial charge in [-0.1, -0.05) is 74.0 Å². The first kappa shape index (κ1) is 23.0. The van der Waals surface area contributed by atoms with Gasteiger partial charge in [0, 0.05) is 39.6 Å². The molecule has 0 heterocycles. The molecule has 0 atom stereocenters. The molecule has 0 spiro atoms. The lowest BCUT2D eigenvalue weighted by Crippen LogP contribution is -2.56. The average Bonchev–Trinajstić information content (AvgIpc) is 2.64. The van der Waals surface area contributed by atoms with Crippen molar-refractivity contribution in [3.8, 4) is 0 Å². The van der Waals surface area contributed by atoms with E-state index in [4.69, 9.17) is 0 Å². The van der Waals surface area contributed by atoms with E-state index in [0.29, 0.717) is 0 Å². The van der Waals surface area contributed by atoms with Crippen LogP contribution in [0.3, 0.4) is 0 Å². The van der Waals surface area contributed by atoms with Gasteiger partial charge in [-0.2, -0.15) is 0 Å². The second-order valence-electron chi connectivity index (χ2n) is 9.63. The third-order valence-corrected chi connectivity index (χ3v) is 6.34. The number of nitrogens with zero attached hydrogens (tertiary/aromatic N) is 2. The fraction of sp³-hybridized carbons (Fsp3) is 0.357. The van der Waals surface area contributed by atoms with Gasteiger partial charge in [-0.3, -0.25) is 0 Å². The molecule has 31 heavy (non-hydrogen) atoms. The van der Waals surface area contributed by atoms with Crippen LogP contribution >= 0.6 is 0 Å². The van der Waals surface area contributed by atoms with Crippen molar-refractivity contribution in [1.82, 2.24) is 0 Å². The van der Waals surface area contributed by atoms with Crippen LogP contribution in [0.5, 0.6) is 0 Å². The zero-order valence-electron chi connectivity index (χ0n) is 21.0. The van der Waals surface area contributed by atoms with E-state index < -0.39 is 0 Å².